The predicted octanol–water partition coefficient (Wildman–Crippen LogP) is 3.59. The molecule has 0 aliphatic carbocycles. The Balaban J connectivity index is 2.07. The fourth-order valence-corrected chi connectivity index (χ4v) is 2.72. The molecule has 4 heteroatoms. The van der Waals surface area contributed by atoms with E-state index in [-0.39, 0.29) is 12.1 Å². The number of nitrogens with zero attached hydrogens (tertiary/aromatic N) is 1. The van der Waals surface area contributed by atoms with Gasteiger partial charge in [-0.25, -0.2) is 4.39 Å². The van der Waals surface area contributed by atoms with Gasteiger partial charge >= 0.3 is 0 Å². The van der Waals surface area contributed by atoms with Gasteiger partial charge in [0, 0.05) is 24.2 Å². The van der Waals surface area contributed by atoms with Crippen LogP contribution in [0.1, 0.15) is 52.0 Å². The highest BCUT2D eigenvalue weighted by Gasteiger charge is 2.31. The monoisotopic (exact) mass is 280 g/mol. The van der Waals surface area contributed by atoms with Crippen molar-refractivity contribution in [2.75, 3.05) is 6.54 Å². The van der Waals surface area contributed by atoms with Gasteiger partial charge in [0.15, 0.2) is 0 Å². The molecule has 20 heavy (non-hydrogen) atoms. The molecule has 0 aromatic carbocycles. The summed E-state index contributed by atoms with van der Waals surface area (Å²) in [6.07, 6.45) is 7.22. The Labute approximate surface area is 120 Å². The van der Waals surface area contributed by atoms with Crippen LogP contribution in [0.5, 0.6) is 5.75 Å². The molecule has 0 amide bonds. The summed E-state index contributed by atoms with van der Waals surface area (Å²) >= 11 is 0. The number of rotatable bonds is 5. The minimum Gasteiger partial charge on any atom is -0.489 e. The molecule has 2 unspecified atom stereocenters. The Bertz CT molecular complexity index is 428. The SMILES string of the molecule is CC(C)Oc1cncc(C(C)(F)CC2CCCCN2)c1. The van der Waals surface area contributed by atoms with Gasteiger partial charge in [0.05, 0.1) is 12.3 Å². The number of halogens is 1. The fourth-order valence-electron chi connectivity index (χ4n) is 2.72. The van der Waals surface area contributed by atoms with Gasteiger partial charge in [-0.15, -0.1) is 0 Å². The molecule has 1 aromatic heterocycles. The highest BCUT2D eigenvalue weighted by molar-refractivity contribution is 5.28. The van der Waals surface area contributed by atoms with Crippen LogP contribution in [0.3, 0.4) is 0 Å². The molecule has 1 saturated heterocycles. The van der Waals surface area contributed by atoms with E-state index in [2.05, 4.69) is 10.3 Å². The Kier molecular flexibility index (Phi) is 4.97. The zero-order valence-corrected chi connectivity index (χ0v) is 12.7. The third-order valence-corrected chi connectivity index (χ3v) is 3.73. The van der Waals surface area contributed by atoms with Crippen LogP contribution < -0.4 is 10.1 Å². The zero-order chi connectivity index (χ0) is 14.6. The lowest BCUT2D eigenvalue weighted by Crippen LogP contribution is -2.38. The van der Waals surface area contributed by atoms with E-state index in [0.29, 0.717) is 17.7 Å². The van der Waals surface area contributed by atoms with Crippen LogP contribution in [0.15, 0.2) is 18.5 Å². The van der Waals surface area contributed by atoms with E-state index in [0.717, 1.165) is 13.0 Å². The normalized spacial score (nSPS) is 22.6. The number of piperidine rings is 1. The van der Waals surface area contributed by atoms with Gasteiger partial charge in [-0.2, -0.15) is 0 Å². The first-order chi connectivity index (χ1) is 9.47. The first-order valence-electron chi connectivity index (χ1n) is 7.52. The van der Waals surface area contributed by atoms with Crippen LogP contribution in [-0.4, -0.2) is 23.7 Å². The molecule has 0 saturated carbocycles. The molecule has 1 fully saturated rings. The number of hydrogen-bond donors (Lipinski definition) is 1. The molecule has 0 radical (unpaired) electrons. The number of hydrogen-bond acceptors (Lipinski definition) is 3. The fraction of sp³-hybridized carbons (Fsp3) is 0.688. The molecule has 2 rings (SSSR count). The lowest BCUT2D eigenvalue weighted by molar-refractivity contribution is 0.144. The molecule has 1 N–H and O–H groups in total. The van der Waals surface area contributed by atoms with Crippen LogP contribution in [0.4, 0.5) is 4.39 Å². The van der Waals surface area contributed by atoms with Crippen molar-refractivity contribution in [3.8, 4) is 5.75 Å². The summed E-state index contributed by atoms with van der Waals surface area (Å²) in [6, 6.07) is 2.03. The number of aromatic nitrogens is 1. The van der Waals surface area contributed by atoms with Crippen molar-refractivity contribution in [1.29, 1.82) is 0 Å². The molecule has 1 aliphatic rings. The summed E-state index contributed by atoms with van der Waals surface area (Å²) in [7, 11) is 0. The van der Waals surface area contributed by atoms with Crippen LogP contribution in [0.2, 0.25) is 0 Å². The summed E-state index contributed by atoms with van der Waals surface area (Å²) in [5.74, 6) is 0.637. The smallest absolute Gasteiger partial charge is 0.138 e. The molecule has 0 bridgehead atoms. The maximum Gasteiger partial charge on any atom is 0.138 e. The number of nitrogens with one attached hydrogen (secondary N) is 1. The van der Waals surface area contributed by atoms with Crippen molar-refractivity contribution in [2.45, 2.75) is 64.3 Å². The first kappa shape index (κ1) is 15.2. The minimum absolute atomic E-state index is 0.0675. The average Bonchev–Trinajstić information content (AvgIpc) is 2.39. The lowest BCUT2D eigenvalue weighted by Gasteiger charge is -2.30. The van der Waals surface area contributed by atoms with Crippen LogP contribution in [0, 0.1) is 0 Å². The van der Waals surface area contributed by atoms with Gasteiger partial charge in [-0.3, -0.25) is 4.98 Å². The Morgan fingerprint density at radius 2 is 2.25 bits per heavy atom. The van der Waals surface area contributed by atoms with E-state index >= 15 is 0 Å². The van der Waals surface area contributed by atoms with Crippen molar-refractivity contribution >= 4 is 0 Å². The Morgan fingerprint density at radius 3 is 2.90 bits per heavy atom. The van der Waals surface area contributed by atoms with Crippen molar-refractivity contribution < 1.29 is 9.13 Å². The lowest BCUT2D eigenvalue weighted by atomic mass is 9.88. The molecular weight excluding hydrogens is 255 g/mol. The largest absolute Gasteiger partial charge is 0.489 e. The summed E-state index contributed by atoms with van der Waals surface area (Å²) in [5, 5.41) is 3.40. The summed E-state index contributed by atoms with van der Waals surface area (Å²) in [4.78, 5) is 4.11. The third kappa shape index (κ3) is 4.17. The van der Waals surface area contributed by atoms with Gasteiger partial charge in [0.1, 0.15) is 11.4 Å². The van der Waals surface area contributed by atoms with Crippen LogP contribution >= 0.6 is 0 Å². The van der Waals surface area contributed by atoms with E-state index in [1.165, 1.54) is 12.8 Å². The standard InChI is InChI=1S/C16H25FN2O/c1-12(2)20-15-8-13(10-18-11-15)16(3,17)9-14-6-4-5-7-19-14/h8,10-12,14,19H,4-7,9H2,1-3H3. The molecule has 1 aliphatic heterocycles. The number of pyridine rings is 1. The molecule has 3 nitrogen and oxygen atoms in total. The second kappa shape index (κ2) is 6.53. The second-order valence-corrected chi connectivity index (χ2v) is 6.12. The Morgan fingerprint density at radius 1 is 1.45 bits per heavy atom. The van der Waals surface area contributed by atoms with Crippen molar-refractivity contribution in [2.24, 2.45) is 0 Å². The number of ether oxygens (including phenoxy) is 1. The molecule has 1 aromatic rings. The first-order valence-corrected chi connectivity index (χ1v) is 7.52. The van der Waals surface area contributed by atoms with Gasteiger partial charge < -0.3 is 10.1 Å². The molecule has 2 atom stereocenters. The van der Waals surface area contributed by atoms with Gasteiger partial charge in [-0.05, 0) is 46.2 Å². The van der Waals surface area contributed by atoms with Gasteiger partial charge in [0.25, 0.3) is 0 Å². The van der Waals surface area contributed by atoms with E-state index in [1.54, 1.807) is 25.4 Å². The summed E-state index contributed by atoms with van der Waals surface area (Å²) < 4.78 is 20.6. The van der Waals surface area contributed by atoms with Crippen LogP contribution in [-0.2, 0) is 5.67 Å². The Hall–Kier alpha value is -1.16. The topological polar surface area (TPSA) is 34.1 Å². The second-order valence-electron chi connectivity index (χ2n) is 6.12. The van der Waals surface area contributed by atoms with Crippen molar-refractivity contribution in [3.63, 3.8) is 0 Å². The minimum atomic E-state index is -1.38. The predicted molar refractivity (Wildman–Crippen MR) is 78.7 cm³/mol. The van der Waals surface area contributed by atoms with Crippen LogP contribution in [0.25, 0.3) is 0 Å². The highest BCUT2D eigenvalue weighted by Crippen LogP contribution is 2.33. The molecule has 2 heterocycles. The van der Waals surface area contributed by atoms with E-state index < -0.39 is 5.67 Å². The van der Waals surface area contributed by atoms with E-state index in [9.17, 15) is 4.39 Å². The quantitative estimate of drug-likeness (QED) is 0.895. The summed E-state index contributed by atoms with van der Waals surface area (Å²) in [6.45, 7) is 6.54. The maximum absolute atomic E-state index is 15.0. The zero-order valence-electron chi connectivity index (χ0n) is 12.7. The maximum atomic E-state index is 15.0. The van der Waals surface area contributed by atoms with Gasteiger partial charge in [0.2, 0.25) is 0 Å². The van der Waals surface area contributed by atoms with E-state index in [1.807, 2.05) is 13.8 Å². The van der Waals surface area contributed by atoms with Crippen molar-refractivity contribution in [3.05, 3.63) is 24.0 Å². The summed E-state index contributed by atoms with van der Waals surface area (Å²) in [5.41, 5.74) is -0.777. The number of alkyl halides is 1. The van der Waals surface area contributed by atoms with Gasteiger partial charge in [-0.1, -0.05) is 6.42 Å². The average molecular weight is 280 g/mol. The highest BCUT2D eigenvalue weighted by atomic mass is 19.1. The molecular formula is C16H25FN2O. The van der Waals surface area contributed by atoms with E-state index in [4.69, 9.17) is 4.74 Å². The molecule has 112 valence electrons. The molecule has 0 spiro atoms. The van der Waals surface area contributed by atoms with Crippen molar-refractivity contribution in [1.82, 2.24) is 10.3 Å². The third-order valence-electron chi connectivity index (χ3n) is 3.73.